The lowest BCUT2D eigenvalue weighted by atomic mass is 9.94. The summed E-state index contributed by atoms with van der Waals surface area (Å²) in [5.74, 6) is 0.225. The Morgan fingerprint density at radius 2 is 1.90 bits per heavy atom. The minimum atomic E-state index is 0.225. The largest absolute Gasteiger partial charge is 0.376 e. The van der Waals surface area contributed by atoms with Gasteiger partial charge in [-0.15, -0.1) is 0 Å². The molecule has 1 fully saturated rings. The van der Waals surface area contributed by atoms with E-state index in [0.717, 1.165) is 12.2 Å². The van der Waals surface area contributed by atoms with E-state index in [4.69, 9.17) is 0 Å². The fourth-order valence-electron chi connectivity index (χ4n) is 3.16. The van der Waals surface area contributed by atoms with Crippen LogP contribution in [0.1, 0.15) is 50.2 Å². The van der Waals surface area contributed by atoms with E-state index >= 15 is 0 Å². The van der Waals surface area contributed by atoms with Crippen LogP contribution in [0.3, 0.4) is 0 Å². The molecule has 1 saturated carbocycles. The van der Waals surface area contributed by atoms with Gasteiger partial charge in [0.25, 0.3) is 0 Å². The standard InChI is InChI=1S/C18H28N2O/c1-4-20(17-8-6-5-7-9-17)18(21)13-19-16-11-10-14(2)15(3)12-16/h10-12,17,19H,4-9,13H2,1-3H3. The fourth-order valence-corrected chi connectivity index (χ4v) is 3.16. The highest BCUT2D eigenvalue weighted by Gasteiger charge is 2.23. The molecular formula is C18H28N2O. The number of hydrogen-bond donors (Lipinski definition) is 1. The van der Waals surface area contributed by atoms with Crippen LogP contribution >= 0.6 is 0 Å². The van der Waals surface area contributed by atoms with Crippen molar-refractivity contribution in [3.63, 3.8) is 0 Å². The quantitative estimate of drug-likeness (QED) is 0.891. The summed E-state index contributed by atoms with van der Waals surface area (Å²) in [7, 11) is 0. The first-order valence-electron chi connectivity index (χ1n) is 8.22. The van der Waals surface area contributed by atoms with Gasteiger partial charge in [0.1, 0.15) is 0 Å². The zero-order valence-electron chi connectivity index (χ0n) is 13.6. The van der Waals surface area contributed by atoms with Crippen LogP contribution < -0.4 is 5.32 Å². The van der Waals surface area contributed by atoms with Crippen LogP contribution in [0.4, 0.5) is 5.69 Å². The Morgan fingerprint density at radius 1 is 1.19 bits per heavy atom. The molecular weight excluding hydrogens is 260 g/mol. The van der Waals surface area contributed by atoms with Crippen LogP contribution in [-0.2, 0) is 4.79 Å². The average Bonchev–Trinajstić information content (AvgIpc) is 2.50. The summed E-state index contributed by atoms with van der Waals surface area (Å²) < 4.78 is 0. The van der Waals surface area contributed by atoms with Gasteiger partial charge in [-0.1, -0.05) is 25.3 Å². The van der Waals surface area contributed by atoms with Crippen LogP contribution in [-0.4, -0.2) is 29.9 Å². The SMILES string of the molecule is CCN(C(=O)CNc1ccc(C)c(C)c1)C1CCCCC1. The van der Waals surface area contributed by atoms with Crippen molar-refractivity contribution in [3.8, 4) is 0 Å². The molecule has 1 amide bonds. The zero-order chi connectivity index (χ0) is 15.2. The van der Waals surface area contributed by atoms with Crippen molar-refractivity contribution in [2.45, 2.75) is 58.9 Å². The Morgan fingerprint density at radius 3 is 2.52 bits per heavy atom. The minimum Gasteiger partial charge on any atom is -0.376 e. The van der Waals surface area contributed by atoms with Gasteiger partial charge in [-0.05, 0) is 56.9 Å². The Kier molecular flexibility index (Phi) is 5.66. The number of carbonyl (C=O) groups is 1. The number of nitrogens with one attached hydrogen (secondary N) is 1. The van der Waals surface area contributed by atoms with Gasteiger partial charge < -0.3 is 10.2 Å². The van der Waals surface area contributed by atoms with Crippen LogP contribution in [0, 0.1) is 13.8 Å². The van der Waals surface area contributed by atoms with Crippen molar-refractivity contribution >= 4 is 11.6 Å². The second-order valence-electron chi connectivity index (χ2n) is 6.12. The van der Waals surface area contributed by atoms with E-state index in [1.807, 2.05) is 6.07 Å². The number of benzene rings is 1. The van der Waals surface area contributed by atoms with Gasteiger partial charge in [-0.2, -0.15) is 0 Å². The lowest BCUT2D eigenvalue weighted by Gasteiger charge is -2.33. The van der Waals surface area contributed by atoms with Crippen molar-refractivity contribution in [1.82, 2.24) is 4.90 Å². The molecule has 0 saturated heterocycles. The Bertz CT molecular complexity index is 478. The van der Waals surface area contributed by atoms with E-state index in [-0.39, 0.29) is 5.91 Å². The second-order valence-corrected chi connectivity index (χ2v) is 6.12. The first-order valence-corrected chi connectivity index (χ1v) is 8.22. The maximum absolute atomic E-state index is 12.5. The lowest BCUT2D eigenvalue weighted by molar-refractivity contribution is -0.132. The number of hydrogen-bond acceptors (Lipinski definition) is 2. The zero-order valence-corrected chi connectivity index (χ0v) is 13.6. The topological polar surface area (TPSA) is 32.3 Å². The summed E-state index contributed by atoms with van der Waals surface area (Å²) in [4.78, 5) is 14.5. The molecule has 0 unspecified atom stereocenters. The molecule has 0 aliphatic heterocycles. The highest BCUT2D eigenvalue weighted by Crippen LogP contribution is 2.22. The van der Waals surface area contributed by atoms with E-state index < -0.39 is 0 Å². The molecule has 0 radical (unpaired) electrons. The van der Waals surface area contributed by atoms with Gasteiger partial charge in [-0.25, -0.2) is 0 Å². The Labute approximate surface area is 128 Å². The van der Waals surface area contributed by atoms with Gasteiger partial charge in [0.15, 0.2) is 0 Å². The van der Waals surface area contributed by atoms with E-state index in [1.54, 1.807) is 0 Å². The summed E-state index contributed by atoms with van der Waals surface area (Å²) in [6.07, 6.45) is 6.19. The summed E-state index contributed by atoms with van der Waals surface area (Å²) in [5.41, 5.74) is 3.57. The normalized spacial score (nSPS) is 15.8. The number of amides is 1. The number of rotatable bonds is 5. The highest BCUT2D eigenvalue weighted by molar-refractivity contribution is 5.81. The summed E-state index contributed by atoms with van der Waals surface area (Å²) in [5, 5.41) is 3.28. The van der Waals surface area contributed by atoms with Gasteiger partial charge >= 0.3 is 0 Å². The third-order valence-electron chi connectivity index (χ3n) is 4.63. The smallest absolute Gasteiger partial charge is 0.242 e. The number of carbonyl (C=O) groups excluding carboxylic acids is 1. The molecule has 2 rings (SSSR count). The molecule has 0 atom stereocenters. The summed E-state index contributed by atoms with van der Waals surface area (Å²) >= 11 is 0. The first kappa shape index (κ1) is 15.9. The second kappa shape index (κ2) is 7.48. The Hall–Kier alpha value is -1.51. The third-order valence-corrected chi connectivity index (χ3v) is 4.63. The van der Waals surface area contributed by atoms with Gasteiger partial charge in [-0.3, -0.25) is 4.79 Å². The molecule has 0 aromatic heterocycles. The van der Waals surface area contributed by atoms with Crippen molar-refractivity contribution < 1.29 is 4.79 Å². The van der Waals surface area contributed by atoms with Crippen molar-refractivity contribution in [1.29, 1.82) is 0 Å². The maximum Gasteiger partial charge on any atom is 0.242 e. The highest BCUT2D eigenvalue weighted by atomic mass is 16.2. The fraction of sp³-hybridized carbons (Fsp3) is 0.611. The molecule has 0 heterocycles. The van der Waals surface area contributed by atoms with Gasteiger partial charge in [0.05, 0.1) is 6.54 Å². The van der Waals surface area contributed by atoms with Gasteiger partial charge in [0, 0.05) is 18.3 Å². The average molecular weight is 288 g/mol. The van der Waals surface area contributed by atoms with Crippen molar-refractivity contribution in [2.75, 3.05) is 18.4 Å². The molecule has 3 nitrogen and oxygen atoms in total. The maximum atomic E-state index is 12.5. The van der Waals surface area contributed by atoms with E-state index in [0.29, 0.717) is 12.6 Å². The molecule has 1 aromatic rings. The van der Waals surface area contributed by atoms with Crippen LogP contribution in [0.15, 0.2) is 18.2 Å². The Balaban J connectivity index is 1.91. The lowest BCUT2D eigenvalue weighted by Crippen LogP contribution is -2.43. The number of likely N-dealkylation sites (N-methyl/N-ethyl adjacent to an activating group) is 1. The molecule has 1 aliphatic rings. The van der Waals surface area contributed by atoms with Gasteiger partial charge in [0.2, 0.25) is 5.91 Å². The third kappa shape index (κ3) is 4.23. The van der Waals surface area contributed by atoms with Crippen LogP contribution in [0.2, 0.25) is 0 Å². The molecule has 3 heteroatoms. The number of anilines is 1. The minimum absolute atomic E-state index is 0.225. The molecule has 0 bridgehead atoms. The molecule has 0 spiro atoms. The molecule has 116 valence electrons. The van der Waals surface area contributed by atoms with Crippen LogP contribution in [0.5, 0.6) is 0 Å². The van der Waals surface area contributed by atoms with E-state index in [2.05, 4.69) is 43.1 Å². The van der Waals surface area contributed by atoms with Crippen molar-refractivity contribution in [2.24, 2.45) is 0 Å². The van der Waals surface area contributed by atoms with E-state index in [1.165, 1.54) is 43.2 Å². The first-order chi connectivity index (χ1) is 10.1. The van der Waals surface area contributed by atoms with E-state index in [9.17, 15) is 4.79 Å². The van der Waals surface area contributed by atoms with Crippen LogP contribution in [0.25, 0.3) is 0 Å². The number of aryl methyl sites for hydroxylation is 2. The predicted molar refractivity (Wildman–Crippen MR) is 88.7 cm³/mol. The summed E-state index contributed by atoms with van der Waals surface area (Å²) in [6.45, 7) is 7.50. The molecule has 21 heavy (non-hydrogen) atoms. The molecule has 1 aliphatic carbocycles. The molecule has 1 N–H and O–H groups in total. The predicted octanol–water partition coefficient (Wildman–Crippen LogP) is 3.90. The number of nitrogens with zero attached hydrogens (tertiary/aromatic N) is 1. The summed E-state index contributed by atoms with van der Waals surface area (Å²) in [6, 6.07) is 6.71. The molecule has 1 aromatic carbocycles. The van der Waals surface area contributed by atoms with Crippen molar-refractivity contribution in [3.05, 3.63) is 29.3 Å². The monoisotopic (exact) mass is 288 g/mol.